The number of halogens is 2. The molecule has 0 amide bonds. The fraction of sp³-hybridized carbons (Fsp3) is 0.667. The largest absolute Gasteiger partial charge is 0.381 e. The van der Waals surface area contributed by atoms with Gasteiger partial charge in [0.25, 0.3) is 0 Å². The molecule has 18 heavy (non-hydrogen) atoms. The van der Waals surface area contributed by atoms with E-state index in [1.807, 2.05) is 0 Å². The molecule has 2 rings (SSSR count). The molecule has 2 N–H and O–H groups in total. The van der Waals surface area contributed by atoms with E-state index in [1.54, 1.807) is 18.4 Å². The molecule has 1 unspecified atom stereocenters. The van der Waals surface area contributed by atoms with Gasteiger partial charge < -0.3 is 10.5 Å². The molecule has 6 heteroatoms. The highest BCUT2D eigenvalue weighted by Gasteiger charge is 2.26. The highest BCUT2D eigenvalue weighted by atomic mass is 79.9. The summed E-state index contributed by atoms with van der Waals surface area (Å²) < 4.78 is 7.17. The average Bonchev–Trinajstić information content (AvgIpc) is 2.71. The zero-order valence-electron chi connectivity index (χ0n) is 10.4. The lowest BCUT2D eigenvalue weighted by atomic mass is 10.0. The van der Waals surface area contributed by atoms with Gasteiger partial charge in [0, 0.05) is 36.1 Å². The number of rotatable bonds is 4. The van der Waals surface area contributed by atoms with Gasteiger partial charge in [-0.25, -0.2) is 0 Å². The minimum absolute atomic E-state index is 0.275. The molecule has 1 atom stereocenters. The molecule has 0 saturated carbocycles. The van der Waals surface area contributed by atoms with Crippen LogP contribution in [0.25, 0.3) is 0 Å². The molecule has 102 valence electrons. The summed E-state index contributed by atoms with van der Waals surface area (Å²) in [4.78, 5) is 3.68. The van der Waals surface area contributed by atoms with E-state index in [9.17, 15) is 0 Å². The molecular weight excluding hydrogens is 336 g/mol. The summed E-state index contributed by atoms with van der Waals surface area (Å²) in [6, 6.07) is 2.36. The fourth-order valence-electron chi connectivity index (χ4n) is 2.40. The number of thiophene rings is 1. The summed E-state index contributed by atoms with van der Waals surface area (Å²) in [6.07, 6.45) is 2.55. The molecule has 0 radical (unpaired) electrons. The molecule has 0 aromatic carbocycles. The quantitative estimate of drug-likeness (QED) is 0.903. The Kier molecular flexibility index (Phi) is 5.47. The van der Waals surface area contributed by atoms with Crippen molar-refractivity contribution in [3.8, 4) is 0 Å². The summed E-state index contributed by atoms with van der Waals surface area (Å²) in [5.41, 5.74) is 5.94. The number of hydrogen-bond donors (Lipinski definition) is 1. The van der Waals surface area contributed by atoms with E-state index in [0.717, 1.165) is 34.7 Å². The van der Waals surface area contributed by atoms with E-state index < -0.39 is 0 Å². The topological polar surface area (TPSA) is 38.5 Å². The molecule has 0 spiro atoms. The van der Waals surface area contributed by atoms with Crippen LogP contribution in [0.4, 0.5) is 0 Å². The minimum atomic E-state index is 0.275. The highest BCUT2D eigenvalue weighted by Crippen LogP contribution is 2.37. The van der Waals surface area contributed by atoms with Gasteiger partial charge >= 0.3 is 0 Å². The second-order valence-electron chi connectivity index (χ2n) is 4.49. The van der Waals surface area contributed by atoms with Gasteiger partial charge in [-0.2, -0.15) is 0 Å². The van der Waals surface area contributed by atoms with Crippen molar-refractivity contribution < 1.29 is 4.74 Å². The number of piperidine rings is 1. The molecule has 2 heterocycles. The molecule has 1 saturated heterocycles. The van der Waals surface area contributed by atoms with Crippen LogP contribution in [-0.4, -0.2) is 37.7 Å². The smallest absolute Gasteiger partial charge is 0.107 e. The van der Waals surface area contributed by atoms with E-state index >= 15 is 0 Å². The maximum atomic E-state index is 6.11. The van der Waals surface area contributed by atoms with Crippen molar-refractivity contribution in [1.82, 2.24) is 4.90 Å². The molecule has 1 fully saturated rings. The van der Waals surface area contributed by atoms with Gasteiger partial charge in [0.05, 0.1) is 12.1 Å². The molecule has 3 nitrogen and oxygen atoms in total. The van der Waals surface area contributed by atoms with Crippen molar-refractivity contribution in [2.45, 2.75) is 25.0 Å². The molecule has 0 aliphatic carbocycles. The maximum Gasteiger partial charge on any atom is 0.107 e. The van der Waals surface area contributed by atoms with E-state index in [0.29, 0.717) is 12.6 Å². The lowest BCUT2D eigenvalue weighted by Gasteiger charge is -2.36. The van der Waals surface area contributed by atoms with Gasteiger partial charge in [-0.15, -0.1) is 11.3 Å². The van der Waals surface area contributed by atoms with Gasteiger partial charge in [0.1, 0.15) is 4.34 Å². The van der Waals surface area contributed by atoms with Crippen LogP contribution in [0.3, 0.4) is 0 Å². The molecule has 1 aromatic heterocycles. The van der Waals surface area contributed by atoms with Crippen LogP contribution in [0.5, 0.6) is 0 Å². The second kappa shape index (κ2) is 6.68. The SMILES string of the molecule is COC1CCN(C(CN)c2cc(Br)c(Cl)s2)CC1. The minimum Gasteiger partial charge on any atom is -0.381 e. The number of hydrogen-bond acceptors (Lipinski definition) is 4. The number of methoxy groups -OCH3 is 1. The van der Waals surface area contributed by atoms with Crippen molar-refractivity contribution >= 4 is 38.9 Å². The van der Waals surface area contributed by atoms with Crippen molar-refractivity contribution in [2.24, 2.45) is 5.73 Å². The van der Waals surface area contributed by atoms with E-state index in [4.69, 9.17) is 22.1 Å². The maximum absolute atomic E-state index is 6.11. The van der Waals surface area contributed by atoms with Crippen molar-refractivity contribution in [3.05, 3.63) is 19.8 Å². The lowest BCUT2D eigenvalue weighted by Crippen LogP contribution is -2.41. The van der Waals surface area contributed by atoms with Gasteiger partial charge in [0.2, 0.25) is 0 Å². The van der Waals surface area contributed by atoms with Gasteiger partial charge in [0.15, 0.2) is 0 Å². The van der Waals surface area contributed by atoms with Crippen LogP contribution in [0.15, 0.2) is 10.5 Å². The van der Waals surface area contributed by atoms with Crippen LogP contribution in [0, 0.1) is 0 Å². The van der Waals surface area contributed by atoms with Gasteiger partial charge in [-0.05, 0) is 34.8 Å². The zero-order valence-corrected chi connectivity index (χ0v) is 13.5. The Morgan fingerprint density at radius 2 is 2.28 bits per heavy atom. The first-order valence-electron chi connectivity index (χ1n) is 6.07. The Labute approximate surface area is 125 Å². The Balaban J connectivity index is 2.05. The summed E-state index contributed by atoms with van der Waals surface area (Å²) in [5.74, 6) is 0. The molecule has 1 aliphatic heterocycles. The second-order valence-corrected chi connectivity index (χ2v) is 7.03. The third kappa shape index (κ3) is 3.26. The van der Waals surface area contributed by atoms with Crippen molar-refractivity contribution in [1.29, 1.82) is 0 Å². The zero-order chi connectivity index (χ0) is 13.1. The third-order valence-electron chi connectivity index (χ3n) is 3.47. The third-order valence-corrected chi connectivity index (χ3v) is 6.04. The predicted octanol–water partition coefficient (Wildman–Crippen LogP) is 3.27. The van der Waals surface area contributed by atoms with E-state index in [1.165, 1.54) is 4.88 Å². The van der Waals surface area contributed by atoms with Gasteiger partial charge in [-0.3, -0.25) is 4.90 Å². The molecule has 1 aliphatic rings. The number of likely N-dealkylation sites (tertiary alicyclic amines) is 1. The van der Waals surface area contributed by atoms with Crippen molar-refractivity contribution in [2.75, 3.05) is 26.7 Å². The number of nitrogens with two attached hydrogens (primary N) is 1. The van der Waals surface area contributed by atoms with E-state index in [-0.39, 0.29) is 6.04 Å². The monoisotopic (exact) mass is 352 g/mol. The fourth-order valence-corrected chi connectivity index (χ4v) is 4.28. The predicted molar refractivity (Wildman–Crippen MR) is 80.4 cm³/mol. The lowest BCUT2D eigenvalue weighted by molar-refractivity contribution is 0.0285. The van der Waals surface area contributed by atoms with Crippen LogP contribution < -0.4 is 5.73 Å². The first-order valence-corrected chi connectivity index (χ1v) is 8.06. The van der Waals surface area contributed by atoms with E-state index in [2.05, 4.69) is 26.9 Å². The summed E-state index contributed by atoms with van der Waals surface area (Å²) >= 11 is 11.2. The highest BCUT2D eigenvalue weighted by molar-refractivity contribution is 9.10. The van der Waals surface area contributed by atoms with Crippen LogP contribution in [0.1, 0.15) is 23.8 Å². The Hall–Kier alpha value is 0.350. The average molecular weight is 354 g/mol. The van der Waals surface area contributed by atoms with Gasteiger partial charge in [-0.1, -0.05) is 11.6 Å². The normalized spacial score (nSPS) is 20.2. The Bertz CT molecular complexity index is 374. The Morgan fingerprint density at radius 1 is 1.61 bits per heavy atom. The standard InChI is InChI=1S/C12H18BrClN2OS/c1-17-8-2-4-16(5-3-8)10(7-15)11-6-9(13)12(14)18-11/h6,8,10H,2-5,7,15H2,1H3. The first-order chi connectivity index (χ1) is 8.65. The number of ether oxygens (including phenoxy) is 1. The first kappa shape index (κ1) is 14.8. The van der Waals surface area contributed by atoms with Crippen LogP contribution in [-0.2, 0) is 4.74 Å². The van der Waals surface area contributed by atoms with Crippen molar-refractivity contribution in [3.63, 3.8) is 0 Å². The summed E-state index contributed by atoms with van der Waals surface area (Å²) in [5, 5.41) is 0. The molecule has 1 aromatic rings. The summed E-state index contributed by atoms with van der Waals surface area (Å²) in [7, 11) is 1.79. The summed E-state index contributed by atoms with van der Waals surface area (Å²) in [6.45, 7) is 2.70. The molecule has 0 bridgehead atoms. The van der Waals surface area contributed by atoms with Crippen LogP contribution in [0.2, 0.25) is 4.34 Å². The van der Waals surface area contributed by atoms with Crippen LogP contribution >= 0.6 is 38.9 Å². The Morgan fingerprint density at radius 3 is 2.72 bits per heavy atom. The molecular formula is C12H18BrClN2OS. The number of nitrogens with zero attached hydrogens (tertiary/aromatic N) is 1.